The second-order valence-corrected chi connectivity index (χ2v) is 9.27. The topological polar surface area (TPSA) is 33.1 Å². The van der Waals surface area contributed by atoms with Gasteiger partial charge in [-0.05, 0) is 79.2 Å². The zero-order chi connectivity index (χ0) is 22.5. The molecule has 3 aliphatic rings. The molecule has 0 radical (unpaired) electrons. The van der Waals surface area contributed by atoms with Crippen molar-refractivity contribution in [3.05, 3.63) is 78.4 Å². The van der Waals surface area contributed by atoms with Gasteiger partial charge in [-0.1, -0.05) is 36.4 Å². The van der Waals surface area contributed by atoms with Crippen molar-refractivity contribution in [1.82, 2.24) is 4.98 Å². The van der Waals surface area contributed by atoms with Gasteiger partial charge in [0.25, 0.3) is 0 Å². The standard InChI is InChI=1S/C27H26F3NO/c1-2-16-13-19-8-7-18(16)14-22(19)26(32)23-15-25(31-24-6-4-3-5-21(23)24)17-9-11-20(12-10-17)27(28,29)30/h2-6,9-12,15-16,18-19,22,26,32H,1,7-8,13-14H2/t16-,18-,19-,22-,26+/m0/s1. The highest BCUT2D eigenvalue weighted by Gasteiger charge is 2.43. The lowest BCUT2D eigenvalue weighted by molar-refractivity contribution is -0.137. The van der Waals surface area contributed by atoms with Crippen molar-refractivity contribution in [1.29, 1.82) is 0 Å². The predicted octanol–water partition coefficient (Wildman–Crippen LogP) is 7.19. The number of halogens is 3. The van der Waals surface area contributed by atoms with Crippen LogP contribution < -0.4 is 0 Å². The molecule has 5 atom stereocenters. The molecule has 32 heavy (non-hydrogen) atoms. The first-order valence-electron chi connectivity index (χ1n) is 11.2. The highest BCUT2D eigenvalue weighted by molar-refractivity contribution is 5.85. The summed E-state index contributed by atoms with van der Waals surface area (Å²) < 4.78 is 38.9. The van der Waals surface area contributed by atoms with Gasteiger partial charge in [0, 0.05) is 10.9 Å². The van der Waals surface area contributed by atoms with Crippen molar-refractivity contribution < 1.29 is 18.3 Å². The number of para-hydroxylation sites is 1. The van der Waals surface area contributed by atoms with Crippen LogP contribution in [-0.2, 0) is 6.18 Å². The van der Waals surface area contributed by atoms with Gasteiger partial charge in [-0.15, -0.1) is 6.58 Å². The maximum Gasteiger partial charge on any atom is 0.416 e. The molecule has 1 N–H and O–H groups in total. The molecule has 2 nitrogen and oxygen atoms in total. The Kier molecular flexibility index (Phi) is 5.32. The molecule has 5 heteroatoms. The number of benzene rings is 2. The molecule has 1 aromatic heterocycles. The Labute approximate surface area is 185 Å². The molecular formula is C27H26F3NO. The minimum Gasteiger partial charge on any atom is -0.388 e. The summed E-state index contributed by atoms with van der Waals surface area (Å²) in [5, 5.41) is 12.4. The van der Waals surface area contributed by atoms with Crippen LogP contribution in [0.3, 0.4) is 0 Å². The van der Waals surface area contributed by atoms with Gasteiger partial charge in [0.2, 0.25) is 0 Å². The minimum absolute atomic E-state index is 0.177. The van der Waals surface area contributed by atoms with E-state index in [0.29, 0.717) is 29.0 Å². The number of fused-ring (bicyclic) bond motifs is 4. The molecule has 166 valence electrons. The van der Waals surface area contributed by atoms with Crippen LogP contribution in [0, 0.1) is 23.7 Å². The lowest BCUT2D eigenvalue weighted by Gasteiger charge is -2.48. The van der Waals surface area contributed by atoms with Crippen molar-refractivity contribution in [2.75, 3.05) is 0 Å². The Bertz CT molecular complexity index is 1140. The minimum atomic E-state index is -4.37. The highest BCUT2D eigenvalue weighted by atomic mass is 19.4. The summed E-state index contributed by atoms with van der Waals surface area (Å²) >= 11 is 0. The quantitative estimate of drug-likeness (QED) is 0.438. The Balaban J connectivity index is 1.54. The maximum absolute atomic E-state index is 13.0. The maximum atomic E-state index is 13.0. The molecule has 3 aromatic rings. The Morgan fingerprint density at radius 2 is 1.72 bits per heavy atom. The molecule has 0 aliphatic heterocycles. The van der Waals surface area contributed by atoms with Crippen LogP contribution in [0.4, 0.5) is 13.2 Å². The number of alkyl halides is 3. The fourth-order valence-corrected chi connectivity index (χ4v) is 5.86. The van der Waals surface area contributed by atoms with Gasteiger partial charge in [-0.3, -0.25) is 0 Å². The van der Waals surface area contributed by atoms with E-state index in [1.54, 1.807) is 0 Å². The lowest BCUT2D eigenvalue weighted by atomic mass is 9.58. The third kappa shape index (κ3) is 3.73. The SMILES string of the molecule is C=C[C@H]1C[C@@H]2CC[C@H]1C[C@@H]2[C@@H](O)c1cc(-c2ccc(C(F)(F)F)cc2)nc2ccccc12. The van der Waals surface area contributed by atoms with Gasteiger partial charge in [-0.2, -0.15) is 13.2 Å². The van der Waals surface area contributed by atoms with Gasteiger partial charge in [0.05, 0.1) is 22.9 Å². The first-order chi connectivity index (χ1) is 15.3. The first-order valence-corrected chi connectivity index (χ1v) is 11.2. The van der Waals surface area contributed by atoms with Crippen LogP contribution in [0.15, 0.2) is 67.3 Å². The second-order valence-electron chi connectivity index (χ2n) is 9.27. The Hall–Kier alpha value is -2.66. The fourth-order valence-electron chi connectivity index (χ4n) is 5.86. The van der Waals surface area contributed by atoms with Crippen LogP contribution in [0.5, 0.6) is 0 Å². The fraction of sp³-hybridized carbons (Fsp3) is 0.370. The summed E-state index contributed by atoms with van der Waals surface area (Å²) in [6.45, 7) is 4.00. The molecule has 2 bridgehead atoms. The molecule has 0 saturated heterocycles. The number of rotatable bonds is 4. The van der Waals surface area contributed by atoms with E-state index in [9.17, 15) is 18.3 Å². The molecule has 0 amide bonds. The normalized spacial score (nSPS) is 26.2. The van der Waals surface area contributed by atoms with Crippen molar-refractivity contribution >= 4 is 10.9 Å². The number of aliphatic hydroxyl groups excluding tert-OH is 1. The third-order valence-corrected chi connectivity index (χ3v) is 7.55. The molecule has 2 aromatic carbocycles. The van der Waals surface area contributed by atoms with E-state index in [2.05, 4.69) is 12.7 Å². The van der Waals surface area contributed by atoms with Crippen LogP contribution in [0.1, 0.15) is 42.9 Å². The number of allylic oxidation sites excluding steroid dienone is 1. The van der Waals surface area contributed by atoms with Gasteiger partial charge in [-0.25, -0.2) is 4.98 Å². The number of aliphatic hydroxyl groups is 1. The number of hydrogen-bond donors (Lipinski definition) is 1. The number of nitrogens with zero attached hydrogens (tertiary/aromatic N) is 1. The van der Waals surface area contributed by atoms with Crippen molar-refractivity contribution in [2.45, 2.75) is 38.0 Å². The van der Waals surface area contributed by atoms with E-state index in [1.807, 2.05) is 30.3 Å². The number of pyridine rings is 1. The molecule has 0 spiro atoms. The molecule has 3 saturated carbocycles. The van der Waals surface area contributed by atoms with E-state index >= 15 is 0 Å². The Morgan fingerprint density at radius 3 is 2.38 bits per heavy atom. The average Bonchev–Trinajstić information content (AvgIpc) is 2.82. The van der Waals surface area contributed by atoms with Gasteiger partial charge < -0.3 is 5.11 Å². The smallest absolute Gasteiger partial charge is 0.388 e. The number of hydrogen-bond acceptors (Lipinski definition) is 2. The van der Waals surface area contributed by atoms with E-state index in [1.165, 1.54) is 18.6 Å². The average molecular weight is 438 g/mol. The van der Waals surface area contributed by atoms with Crippen molar-refractivity contribution in [3.63, 3.8) is 0 Å². The van der Waals surface area contributed by atoms with E-state index in [0.717, 1.165) is 47.9 Å². The largest absolute Gasteiger partial charge is 0.416 e. The van der Waals surface area contributed by atoms with Crippen molar-refractivity contribution in [2.24, 2.45) is 23.7 Å². The lowest BCUT2D eigenvalue weighted by Crippen LogP contribution is -2.39. The second kappa shape index (κ2) is 8.04. The molecule has 1 heterocycles. The molecule has 3 fully saturated rings. The summed E-state index contributed by atoms with van der Waals surface area (Å²) in [7, 11) is 0. The van der Waals surface area contributed by atoms with Crippen LogP contribution in [0.25, 0.3) is 22.2 Å². The van der Waals surface area contributed by atoms with E-state index in [-0.39, 0.29) is 5.92 Å². The summed E-state index contributed by atoms with van der Waals surface area (Å²) in [6.07, 6.45) is 1.45. The summed E-state index contributed by atoms with van der Waals surface area (Å²) in [6, 6.07) is 14.6. The zero-order valence-electron chi connectivity index (χ0n) is 17.7. The summed E-state index contributed by atoms with van der Waals surface area (Å²) in [5.41, 5.74) is 2.06. The Morgan fingerprint density at radius 1 is 1.00 bits per heavy atom. The third-order valence-electron chi connectivity index (χ3n) is 7.55. The van der Waals surface area contributed by atoms with E-state index < -0.39 is 17.8 Å². The van der Waals surface area contributed by atoms with Gasteiger partial charge >= 0.3 is 6.18 Å². The van der Waals surface area contributed by atoms with Crippen LogP contribution in [-0.4, -0.2) is 10.1 Å². The van der Waals surface area contributed by atoms with Crippen molar-refractivity contribution in [3.8, 4) is 11.3 Å². The predicted molar refractivity (Wildman–Crippen MR) is 120 cm³/mol. The van der Waals surface area contributed by atoms with Gasteiger partial charge in [0.1, 0.15) is 0 Å². The molecule has 6 rings (SSSR count). The first kappa shape index (κ1) is 21.2. The van der Waals surface area contributed by atoms with Gasteiger partial charge in [0.15, 0.2) is 0 Å². The summed E-state index contributed by atoms with van der Waals surface area (Å²) in [5.74, 6) is 1.74. The molecular weight excluding hydrogens is 411 g/mol. The zero-order valence-corrected chi connectivity index (χ0v) is 17.7. The monoisotopic (exact) mass is 437 g/mol. The summed E-state index contributed by atoms with van der Waals surface area (Å²) in [4.78, 5) is 4.69. The van der Waals surface area contributed by atoms with Crippen LogP contribution in [0.2, 0.25) is 0 Å². The number of aromatic nitrogens is 1. The molecule has 3 aliphatic carbocycles. The van der Waals surface area contributed by atoms with E-state index in [4.69, 9.17) is 4.98 Å². The van der Waals surface area contributed by atoms with Crippen LogP contribution >= 0.6 is 0 Å². The highest BCUT2D eigenvalue weighted by Crippen LogP contribution is 2.53. The molecule has 0 unspecified atom stereocenters.